The lowest BCUT2D eigenvalue weighted by Gasteiger charge is -2.27. The quantitative estimate of drug-likeness (QED) is 0.890. The smallest absolute Gasteiger partial charge is 0.0372 e. The molecule has 1 aliphatic rings. The van der Waals surface area contributed by atoms with E-state index in [9.17, 15) is 0 Å². The molecule has 18 heavy (non-hydrogen) atoms. The van der Waals surface area contributed by atoms with Crippen LogP contribution in [-0.4, -0.2) is 35.6 Å². The zero-order valence-electron chi connectivity index (χ0n) is 11.4. The van der Waals surface area contributed by atoms with Gasteiger partial charge in [0.25, 0.3) is 0 Å². The van der Waals surface area contributed by atoms with E-state index < -0.39 is 0 Å². The zero-order valence-corrected chi connectivity index (χ0v) is 12.2. The van der Waals surface area contributed by atoms with E-state index in [4.69, 9.17) is 0 Å². The number of halogens is 1. The summed E-state index contributed by atoms with van der Waals surface area (Å²) >= 11 is 0. The Morgan fingerprint density at radius 3 is 2.83 bits per heavy atom. The van der Waals surface area contributed by atoms with E-state index in [1.165, 1.54) is 24.9 Å². The van der Waals surface area contributed by atoms with E-state index in [0.717, 1.165) is 25.3 Å². The summed E-state index contributed by atoms with van der Waals surface area (Å²) in [5.41, 5.74) is 2.43. The molecule has 0 saturated carbocycles. The van der Waals surface area contributed by atoms with Crippen LogP contribution in [0.25, 0.3) is 0 Å². The lowest BCUT2D eigenvalue weighted by atomic mass is 10.1. The van der Waals surface area contributed by atoms with Crippen LogP contribution in [0.3, 0.4) is 0 Å². The molecule has 1 N–H and O–H groups in total. The van der Waals surface area contributed by atoms with Crippen molar-refractivity contribution in [1.29, 1.82) is 0 Å². The molecule has 4 heteroatoms. The van der Waals surface area contributed by atoms with Gasteiger partial charge in [-0.3, -0.25) is 9.88 Å². The third kappa shape index (κ3) is 4.23. The van der Waals surface area contributed by atoms with Crippen LogP contribution in [0, 0.1) is 6.92 Å². The minimum atomic E-state index is 0. The molecule has 2 heterocycles. The fraction of sp³-hybridized carbons (Fsp3) is 0.643. The molecule has 0 spiro atoms. The van der Waals surface area contributed by atoms with E-state index in [-0.39, 0.29) is 12.4 Å². The molecule has 3 nitrogen and oxygen atoms in total. The summed E-state index contributed by atoms with van der Waals surface area (Å²) in [6, 6.07) is 5.01. The second-order valence-corrected chi connectivity index (χ2v) is 4.92. The monoisotopic (exact) mass is 269 g/mol. The van der Waals surface area contributed by atoms with E-state index in [2.05, 4.69) is 34.3 Å². The summed E-state index contributed by atoms with van der Waals surface area (Å²) in [4.78, 5) is 6.97. The van der Waals surface area contributed by atoms with E-state index in [0.29, 0.717) is 6.04 Å². The third-order valence-electron chi connectivity index (χ3n) is 3.42. The van der Waals surface area contributed by atoms with Crippen molar-refractivity contribution >= 4 is 12.4 Å². The maximum atomic E-state index is 4.38. The Morgan fingerprint density at radius 2 is 2.28 bits per heavy atom. The van der Waals surface area contributed by atoms with Gasteiger partial charge in [-0.2, -0.15) is 0 Å². The largest absolute Gasteiger partial charge is 0.315 e. The molecule has 1 aromatic rings. The zero-order chi connectivity index (χ0) is 12.1. The maximum Gasteiger partial charge on any atom is 0.0372 e. The number of aromatic nitrogens is 1. The van der Waals surface area contributed by atoms with Crippen LogP contribution in [0.4, 0.5) is 0 Å². The first-order chi connectivity index (χ1) is 8.29. The van der Waals surface area contributed by atoms with Gasteiger partial charge in [-0.05, 0) is 44.5 Å². The van der Waals surface area contributed by atoms with Crippen molar-refractivity contribution in [2.75, 3.05) is 19.6 Å². The molecule has 1 aliphatic heterocycles. The van der Waals surface area contributed by atoms with Gasteiger partial charge in [0.05, 0.1) is 0 Å². The number of nitrogens with zero attached hydrogens (tertiary/aromatic N) is 2. The maximum absolute atomic E-state index is 4.38. The Hall–Kier alpha value is -0.640. The number of hydrogen-bond donors (Lipinski definition) is 1. The van der Waals surface area contributed by atoms with Crippen molar-refractivity contribution in [3.05, 3.63) is 29.6 Å². The second kappa shape index (κ2) is 7.72. The van der Waals surface area contributed by atoms with Gasteiger partial charge in [-0.15, -0.1) is 12.4 Å². The highest BCUT2D eigenvalue weighted by Gasteiger charge is 2.21. The van der Waals surface area contributed by atoms with Crippen LogP contribution in [0.1, 0.15) is 31.0 Å². The Balaban J connectivity index is 0.00000162. The number of pyridine rings is 1. The Bertz CT molecular complexity index is 333. The van der Waals surface area contributed by atoms with Crippen molar-refractivity contribution in [1.82, 2.24) is 15.2 Å². The Labute approximate surface area is 116 Å². The van der Waals surface area contributed by atoms with Crippen LogP contribution in [0.5, 0.6) is 0 Å². The summed E-state index contributed by atoms with van der Waals surface area (Å²) in [6.07, 6.45) is 4.51. The van der Waals surface area contributed by atoms with Gasteiger partial charge in [0.1, 0.15) is 0 Å². The van der Waals surface area contributed by atoms with Gasteiger partial charge in [0.15, 0.2) is 0 Å². The van der Waals surface area contributed by atoms with Gasteiger partial charge < -0.3 is 5.32 Å². The standard InChI is InChI=1S/C14H23N3.ClH/c1-3-8-17(14-6-7-15-10-14)11-13-5-4-12(2)16-9-13;/h4-5,9,14-15H,3,6-8,10-11H2,1-2H3;1H. The number of rotatable bonds is 5. The van der Waals surface area contributed by atoms with Gasteiger partial charge in [-0.1, -0.05) is 13.0 Å². The average Bonchev–Trinajstić information content (AvgIpc) is 2.85. The molecular weight excluding hydrogens is 246 g/mol. The Kier molecular flexibility index (Phi) is 6.61. The van der Waals surface area contributed by atoms with Crippen LogP contribution in [-0.2, 0) is 6.54 Å². The van der Waals surface area contributed by atoms with Gasteiger partial charge in [-0.25, -0.2) is 0 Å². The molecular formula is C14H24ClN3. The number of nitrogens with one attached hydrogen (secondary N) is 1. The lowest BCUT2D eigenvalue weighted by Crippen LogP contribution is -2.36. The fourth-order valence-corrected chi connectivity index (χ4v) is 2.46. The SMILES string of the molecule is CCCN(Cc1ccc(C)nc1)C1CCNC1.Cl. The molecule has 102 valence electrons. The van der Waals surface area contributed by atoms with Crippen molar-refractivity contribution in [3.63, 3.8) is 0 Å². The highest BCUT2D eigenvalue weighted by Crippen LogP contribution is 2.13. The minimum Gasteiger partial charge on any atom is -0.315 e. The predicted octanol–water partition coefficient (Wildman–Crippen LogP) is 2.39. The molecule has 1 fully saturated rings. The Morgan fingerprint density at radius 1 is 1.44 bits per heavy atom. The fourth-order valence-electron chi connectivity index (χ4n) is 2.46. The molecule has 1 atom stereocenters. The molecule has 0 amide bonds. The first-order valence-corrected chi connectivity index (χ1v) is 6.66. The molecule has 1 aromatic heterocycles. The van der Waals surface area contributed by atoms with E-state index >= 15 is 0 Å². The van der Waals surface area contributed by atoms with Crippen molar-refractivity contribution in [3.8, 4) is 0 Å². The molecule has 0 aliphatic carbocycles. The third-order valence-corrected chi connectivity index (χ3v) is 3.42. The topological polar surface area (TPSA) is 28.2 Å². The summed E-state index contributed by atoms with van der Waals surface area (Å²) in [5, 5.41) is 3.45. The van der Waals surface area contributed by atoms with Gasteiger partial charge in [0.2, 0.25) is 0 Å². The summed E-state index contributed by atoms with van der Waals surface area (Å²) in [7, 11) is 0. The van der Waals surface area contributed by atoms with Gasteiger partial charge >= 0.3 is 0 Å². The number of aryl methyl sites for hydroxylation is 1. The van der Waals surface area contributed by atoms with Crippen LogP contribution < -0.4 is 5.32 Å². The van der Waals surface area contributed by atoms with E-state index in [1.807, 2.05) is 13.1 Å². The first-order valence-electron chi connectivity index (χ1n) is 6.66. The highest BCUT2D eigenvalue weighted by atomic mass is 35.5. The highest BCUT2D eigenvalue weighted by molar-refractivity contribution is 5.85. The molecule has 1 unspecified atom stereocenters. The van der Waals surface area contributed by atoms with Crippen LogP contribution >= 0.6 is 12.4 Å². The second-order valence-electron chi connectivity index (χ2n) is 4.92. The van der Waals surface area contributed by atoms with Crippen LogP contribution in [0.2, 0.25) is 0 Å². The lowest BCUT2D eigenvalue weighted by molar-refractivity contribution is 0.199. The average molecular weight is 270 g/mol. The molecule has 2 rings (SSSR count). The number of hydrogen-bond acceptors (Lipinski definition) is 3. The minimum absolute atomic E-state index is 0. The molecule has 0 aromatic carbocycles. The molecule has 1 saturated heterocycles. The summed E-state index contributed by atoms with van der Waals surface area (Å²) < 4.78 is 0. The van der Waals surface area contributed by atoms with Gasteiger partial charge in [0, 0.05) is 31.0 Å². The summed E-state index contributed by atoms with van der Waals surface area (Å²) in [5.74, 6) is 0. The molecule has 0 radical (unpaired) electrons. The normalized spacial score (nSPS) is 18.9. The van der Waals surface area contributed by atoms with Crippen LogP contribution in [0.15, 0.2) is 18.3 Å². The summed E-state index contributed by atoms with van der Waals surface area (Å²) in [6.45, 7) is 8.81. The van der Waals surface area contributed by atoms with Crippen molar-refractivity contribution in [2.24, 2.45) is 0 Å². The first kappa shape index (κ1) is 15.4. The van der Waals surface area contributed by atoms with Crippen molar-refractivity contribution < 1.29 is 0 Å². The van der Waals surface area contributed by atoms with Crippen molar-refractivity contribution in [2.45, 2.75) is 39.3 Å². The predicted molar refractivity (Wildman–Crippen MR) is 78.2 cm³/mol. The van der Waals surface area contributed by atoms with E-state index in [1.54, 1.807) is 0 Å². The molecule has 0 bridgehead atoms.